The number of ether oxygens (including phenoxy) is 1. The second-order valence-corrected chi connectivity index (χ2v) is 5.84. The largest absolute Gasteiger partial charge is 0.386 e. The minimum Gasteiger partial charge on any atom is -0.386 e. The number of cyclic esters (lactones) is 2. The van der Waals surface area contributed by atoms with E-state index in [0.717, 1.165) is 27.7 Å². The van der Waals surface area contributed by atoms with Crippen LogP contribution in [0.2, 0.25) is 0 Å². The van der Waals surface area contributed by atoms with Gasteiger partial charge in [-0.2, -0.15) is 0 Å². The molecule has 0 unspecified atom stereocenters. The van der Waals surface area contributed by atoms with Crippen molar-refractivity contribution >= 4 is 28.9 Å². The number of benzene rings is 1. The van der Waals surface area contributed by atoms with Gasteiger partial charge < -0.3 is 9.30 Å². The third-order valence-electron chi connectivity index (χ3n) is 4.13. The van der Waals surface area contributed by atoms with E-state index in [2.05, 4.69) is 0 Å². The van der Waals surface area contributed by atoms with Gasteiger partial charge in [-0.1, -0.05) is 5.57 Å². The first-order chi connectivity index (χ1) is 10.8. The van der Waals surface area contributed by atoms with E-state index in [9.17, 15) is 14.0 Å². The molecule has 1 fully saturated rings. The number of aryl methyl sites for hydroxylation is 2. The van der Waals surface area contributed by atoms with Crippen molar-refractivity contribution in [3.05, 3.63) is 52.0 Å². The van der Waals surface area contributed by atoms with Crippen molar-refractivity contribution in [3.63, 3.8) is 0 Å². The summed E-state index contributed by atoms with van der Waals surface area (Å²) < 4.78 is 20.1. The van der Waals surface area contributed by atoms with E-state index in [1.54, 1.807) is 26.0 Å². The molecule has 0 saturated carbocycles. The first kappa shape index (κ1) is 15.2. The first-order valence-corrected chi connectivity index (χ1v) is 7.22. The van der Waals surface area contributed by atoms with Crippen LogP contribution in [-0.4, -0.2) is 16.5 Å². The number of hydrogen-bond donors (Lipinski definition) is 0. The Morgan fingerprint density at radius 2 is 1.91 bits per heavy atom. The molecule has 3 rings (SSSR count). The summed E-state index contributed by atoms with van der Waals surface area (Å²) in [7, 11) is 1.84. The summed E-state index contributed by atoms with van der Waals surface area (Å²) in [5.74, 6) is -1.59. The van der Waals surface area contributed by atoms with Crippen LogP contribution in [-0.2, 0) is 21.4 Å². The number of fused-ring (bicyclic) bond motifs is 1. The highest BCUT2D eigenvalue weighted by Crippen LogP contribution is 2.31. The van der Waals surface area contributed by atoms with Crippen LogP contribution in [0.15, 0.2) is 34.9 Å². The summed E-state index contributed by atoms with van der Waals surface area (Å²) in [6.45, 7) is 5.37. The number of carbonyl (C=O) groups excluding carboxylic acids is 2. The average molecular weight is 313 g/mol. The predicted octanol–water partition coefficient (Wildman–Crippen LogP) is 3.43. The summed E-state index contributed by atoms with van der Waals surface area (Å²) in [6.07, 6.45) is 1.64. The van der Waals surface area contributed by atoms with Crippen molar-refractivity contribution < 1.29 is 18.7 Å². The average Bonchev–Trinajstić information content (AvgIpc) is 2.88. The van der Waals surface area contributed by atoms with Crippen molar-refractivity contribution in [3.8, 4) is 0 Å². The quantitative estimate of drug-likeness (QED) is 0.460. The molecule has 1 aliphatic heterocycles. The number of nitrogens with zero attached hydrogens (tertiary/aromatic N) is 1. The first-order valence-electron chi connectivity index (χ1n) is 7.22. The van der Waals surface area contributed by atoms with Crippen molar-refractivity contribution in [2.24, 2.45) is 7.05 Å². The Morgan fingerprint density at radius 3 is 2.57 bits per heavy atom. The maximum Gasteiger partial charge on any atom is 0.346 e. The highest BCUT2D eigenvalue weighted by Gasteiger charge is 2.34. The number of aromatic nitrogens is 1. The van der Waals surface area contributed by atoms with E-state index in [1.807, 2.05) is 18.5 Å². The van der Waals surface area contributed by atoms with Crippen molar-refractivity contribution in [2.45, 2.75) is 20.8 Å². The molecule has 0 amide bonds. The van der Waals surface area contributed by atoms with Crippen LogP contribution in [0.5, 0.6) is 0 Å². The summed E-state index contributed by atoms with van der Waals surface area (Å²) in [5.41, 5.74) is 3.69. The molecule has 0 bridgehead atoms. The van der Waals surface area contributed by atoms with Gasteiger partial charge in [-0.05, 0) is 50.6 Å². The highest BCUT2D eigenvalue weighted by molar-refractivity contribution is 6.20. The zero-order chi connectivity index (χ0) is 16.9. The fourth-order valence-corrected chi connectivity index (χ4v) is 2.97. The van der Waals surface area contributed by atoms with E-state index < -0.39 is 11.9 Å². The van der Waals surface area contributed by atoms with E-state index >= 15 is 0 Å². The monoisotopic (exact) mass is 313 g/mol. The number of allylic oxidation sites excluding steroid dienone is 1. The Bertz CT molecular complexity index is 927. The van der Waals surface area contributed by atoms with Gasteiger partial charge in [-0.15, -0.1) is 0 Å². The lowest BCUT2D eigenvalue weighted by Crippen LogP contribution is -1.99. The smallest absolute Gasteiger partial charge is 0.346 e. The van der Waals surface area contributed by atoms with Gasteiger partial charge in [0.05, 0.1) is 11.1 Å². The number of halogens is 1. The van der Waals surface area contributed by atoms with Crippen LogP contribution in [0.4, 0.5) is 4.39 Å². The fourth-order valence-electron chi connectivity index (χ4n) is 2.97. The Morgan fingerprint density at radius 1 is 1.22 bits per heavy atom. The molecular weight excluding hydrogens is 297 g/mol. The van der Waals surface area contributed by atoms with Gasteiger partial charge in [-0.25, -0.2) is 14.0 Å². The number of hydrogen-bond acceptors (Lipinski definition) is 3. The summed E-state index contributed by atoms with van der Waals surface area (Å²) >= 11 is 0. The maximum absolute atomic E-state index is 13.5. The molecule has 2 heterocycles. The third-order valence-corrected chi connectivity index (χ3v) is 4.13. The van der Waals surface area contributed by atoms with E-state index in [0.29, 0.717) is 5.57 Å². The molecule has 118 valence electrons. The lowest BCUT2D eigenvalue weighted by Gasteiger charge is -2.02. The lowest BCUT2D eigenvalue weighted by molar-refractivity contribution is -0.149. The van der Waals surface area contributed by atoms with Gasteiger partial charge in [-0.3, -0.25) is 0 Å². The van der Waals surface area contributed by atoms with Crippen LogP contribution < -0.4 is 0 Å². The van der Waals surface area contributed by atoms with Crippen LogP contribution in [0.1, 0.15) is 25.1 Å². The van der Waals surface area contributed by atoms with Crippen molar-refractivity contribution in [1.82, 2.24) is 4.57 Å². The molecule has 5 heteroatoms. The van der Waals surface area contributed by atoms with E-state index in [1.165, 1.54) is 12.1 Å². The fraction of sp³-hybridized carbons (Fsp3) is 0.222. The Hall–Kier alpha value is -2.69. The predicted molar refractivity (Wildman–Crippen MR) is 85.1 cm³/mol. The molecule has 2 aromatic rings. The van der Waals surface area contributed by atoms with Gasteiger partial charge in [0.2, 0.25) is 0 Å². The molecule has 1 aliphatic rings. The Labute approximate surface area is 132 Å². The SMILES string of the molecule is CC(C)=C1C(=O)OC(=O)/C1=C\c1c(C)c2cc(F)ccc2n1C. The molecule has 23 heavy (non-hydrogen) atoms. The molecule has 0 N–H and O–H groups in total. The number of carbonyl (C=O) groups is 2. The topological polar surface area (TPSA) is 48.3 Å². The second kappa shape index (κ2) is 5.19. The number of esters is 2. The van der Waals surface area contributed by atoms with Crippen LogP contribution in [0.25, 0.3) is 17.0 Å². The maximum atomic E-state index is 13.5. The minimum absolute atomic E-state index is 0.240. The highest BCUT2D eigenvalue weighted by atomic mass is 19.1. The summed E-state index contributed by atoms with van der Waals surface area (Å²) in [6, 6.07) is 4.56. The standard InChI is InChI=1S/C18H16FNO3/c1-9(2)16-13(17(21)23-18(16)22)8-15-10(3)12-7-11(19)5-6-14(12)20(15)4/h5-8H,1-4H3/b13-8-. The zero-order valence-corrected chi connectivity index (χ0v) is 13.4. The van der Waals surface area contributed by atoms with E-state index in [4.69, 9.17) is 4.74 Å². The second-order valence-electron chi connectivity index (χ2n) is 5.84. The molecule has 0 spiro atoms. The molecule has 0 atom stereocenters. The van der Waals surface area contributed by atoms with Gasteiger partial charge in [0.15, 0.2) is 0 Å². The van der Waals surface area contributed by atoms with Gasteiger partial charge >= 0.3 is 11.9 Å². The van der Waals surface area contributed by atoms with Gasteiger partial charge in [0, 0.05) is 23.6 Å². The molecule has 1 aromatic carbocycles. The van der Waals surface area contributed by atoms with Crippen molar-refractivity contribution in [1.29, 1.82) is 0 Å². The lowest BCUT2D eigenvalue weighted by atomic mass is 10.0. The van der Waals surface area contributed by atoms with Crippen LogP contribution >= 0.6 is 0 Å². The van der Waals surface area contributed by atoms with Crippen molar-refractivity contribution in [2.75, 3.05) is 0 Å². The number of rotatable bonds is 1. The zero-order valence-electron chi connectivity index (χ0n) is 13.4. The summed E-state index contributed by atoms with van der Waals surface area (Å²) in [5, 5.41) is 0.774. The normalized spacial score (nSPS) is 16.6. The van der Waals surface area contributed by atoms with Gasteiger partial charge in [0.25, 0.3) is 0 Å². The Kier molecular flexibility index (Phi) is 3.43. The van der Waals surface area contributed by atoms with Crippen LogP contribution in [0.3, 0.4) is 0 Å². The van der Waals surface area contributed by atoms with E-state index in [-0.39, 0.29) is 11.4 Å². The minimum atomic E-state index is -0.651. The van der Waals surface area contributed by atoms with Crippen LogP contribution in [0, 0.1) is 12.7 Å². The molecule has 1 saturated heterocycles. The molecular formula is C18H16FNO3. The summed E-state index contributed by atoms with van der Waals surface area (Å²) in [4.78, 5) is 23.8. The third kappa shape index (κ3) is 2.29. The molecule has 1 aromatic heterocycles. The molecule has 4 nitrogen and oxygen atoms in total. The van der Waals surface area contributed by atoms with Gasteiger partial charge in [0.1, 0.15) is 5.82 Å². The molecule has 0 aliphatic carbocycles. The molecule has 0 radical (unpaired) electrons. The Balaban J connectivity index is 2.27.